The van der Waals surface area contributed by atoms with Gasteiger partial charge < -0.3 is 14.8 Å². The molecule has 7 nitrogen and oxygen atoms in total. The number of hydrazone groups is 1. The molecule has 194 valence electrons. The predicted octanol–water partition coefficient (Wildman–Crippen LogP) is 5.79. The first kappa shape index (κ1) is 28.0. The monoisotopic (exact) mass is 541 g/mol. The molecule has 1 unspecified atom stereocenters. The Kier molecular flexibility index (Phi) is 9.94. The molecule has 3 aromatic rings. The van der Waals surface area contributed by atoms with E-state index in [1.807, 2.05) is 39.0 Å². The smallest absolute Gasteiger partial charge is 0.262 e. The molecular weight excluding hydrogens is 513 g/mol. The lowest BCUT2D eigenvalue weighted by Gasteiger charge is -2.20. The topological polar surface area (TPSA) is 89.0 Å². The van der Waals surface area contributed by atoms with Crippen molar-refractivity contribution in [2.45, 2.75) is 33.4 Å². The Bertz CT molecular complexity index is 1290. The quantitative estimate of drug-likeness (QED) is 0.251. The number of methoxy groups -OCH3 is 1. The zero-order valence-electron chi connectivity index (χ0n) is 21.0. The highest BCUT2D eigenvalue weighted by Gasteiger charge is 2.24. The van der Waals surface area contributed by atoms with Crippen LogP contribution in [0.2, 0.25) is 10.0 Å². The van der Waals surface area contributed by atoms with Crippen LogP contribution in [0, 0.1) is 12.8 Å². The van der Waals surface area contributed by atoms with Crippen molar-refractivity contribution in [3.05, 3.63) is 93.0 Å². The minimum Gasteiger partial charge on any atom is -0.493 e. The van der Waals surface area contributed by atoms with Crippen molar-refractivity contribution in [2.75, 3.05) is 7.11 Å². The Morgan fingerprint density at radius 1 is 1.00 bits per heavy atom. The molecule has 0 saturated carbocycles. The number of hydrogen-bond acceptors (Lipinski definition) is 5. The zero-order chi connectivity index (χ0) is 26.9. The molecule has 0 aliphatic carbocycles. The van der Waals surface area contributed by atoms with Gasteiger partial charge in [-0.25, -0.2) is 5.43 Å². The Morgan fingerprint density at radius 3 is 2.46 bits per heavy atom. The van der Waals surface area contributed by atoms with Crippen molar-refractivity contribution < 1.29 is 19.1 Å². The molecule has 0 saturated heterocycles. The van der Waals surface area contributed by atoms with Crippen molar-refractivity contribution in [1.82, 2.24) is 10.7 Å². The highest BCUT2D eigenvalue weighted by Crippen LogP contribution is 2.28. The van der Waals surface area contributed by atoms with E-state index in [0.29, 0.717) is 34.3 Å². The van der Waals surface area contributed by atoms with Crippen LogP contribution in [0.1, 0.15) is 40.9 Å². The van der Waals surface area contributed by atoms with Gasteiger partial charge in [-0.15, -0.1) is 0 Å². The first-order valence-corrected chi connectivity index (χ1v) is 12.4. The molecule has 3 rings (SSSR count). The first-order chi connectivity index (χ1) is 17.7. The summed E-state index contributed by atoms with van der Waals surface area (Å²) in [7, 11) is 1.56. The van der Waals surface area contributed by atoms with E-state index in [1.165, 1.54) is 18.3 Å². The summed E-state index contributed by atoms with van der Waals surface area (Å²) in [5.74, 6) is 0.0472. The Hall–Kier alpha value is -3.55. The summed E-state index contributed by atoms with van der Waals surface area (Å²) < 4.78 is 11.4. The fourth-order valence-electron chi connectivity index (χ4n) is 3.48. The molecule has 37 heavy (non-hydrogen) atoms. The van der Waals surface area contributed by atoms with Gasteiger partial charge in [0.1, 0.15) is 12.6 Å². The minimum absolute atomic E-state index is 0.188. The molecule has 0 radical (unpaired) electrons. The molecule has 3 aromatic carbocycles. The predicted molar refractivity (Wildman–Crippen MR) is 147 cm³/mol. The normalized spacial score (nSPS) is 11.9. The van der Waals surface area contributed by atoms with Crippen LogP contribution >= 0.6 is 23.2 Å². The molecule has 0 spiro atoms. The molecule has 0 bridgehead atoms. The zero-order valence-corrected chi connectivity index (χ0v) is 22.6. The summed E-state index contributed by atoms with van der Waals surface area (Å²) in [5, 5.41) is 7.37. The molecule has 1 atom stereocenters. The average Bonchev–Trinajstić information content (AvgIpc) is 2.87. The lowest BCUT2D eigenvalue weighted by Crippen LogP contribution is -2.48. The number of ether oxygens (including phenoxy) is 2. The fourth-order valence-corrected chi connectivity index (χ4v) is 3.78. The standard InChI is InChI=1S/C28H29Cl2N3O4/c1-17(2)26(32-27(34)21-9-10-22(29)23(30)14-21)28(35)33-31-15-19-8-11-24(25(13-19)36-4)37-16-20-7-5-6-18(3)12-20/h5-15,17,26H,16H2,1-4H3,(H,32,34)(H,33,35). The SMILES string of the molecule is COc1cc(C=NNC(=O)C(NC(=O)c2ccc(Cl)c(Cl)c2)C(C)C)ccc1OCc1cccc(C)c1. The van der Waals surface area contributed by atoms with E-state index in [-0.39, 0.29) is 10.9 Å². The van der Waals surface area contributed by atoms with Gasteiger partial charge in [0.25, 0.3) is 11.8 Å². The average molecular weight is 542 g/mol. The molecule has 0 aromatic heterocycles. The van der Waals surface area contributed by atoms with Gasteiger partial charge in [-0.1, -0.05) is 66.9 Å². The lowest BCUT2D eigenvalue weighted by molar-refractivity contribution is -0.123. The van der Waals surface area contributed by atoms with Gasteiger partial charge in [-0.2, -0.15) is 5.10 Å². The van der Waals surface area contributed by atoms with E-state index in [1.54, 1.807) is 31.4 Å². The number of halogens is 2. The molecule has 2 N–H and O–H groups in total. The van der Waals surface area contributed by atoms with E-state index in [9.17, 15) is 9.59 Å². The fraction of sp³-hybridized carbons (Fsp3) is 0.250. The van der Waals surface area contributed by atoms with Crippen molar-refractivity contribution in [1.29, 1.82) is 0 Å². The van der Waals surface area contributed by atoms with Crippen molar-refractivity contribution in [2.24, 2.45) is 11.0 Å². The van der Waals surface area contributed by atoms with Gasteiger partial charge in [0.05, 0.1) is 23.4 Å². The van der Waals surface area contributed by atoms with E-state index in [4.69, 9.17) is 32.7 Å². The molecule has 0 heterocycles. The second-order valence-electron chi connectivity index (χ2n) is 8.75. The first-order valence-electron chi connectivity index (χ1n) is 11.6. The summed E-state index contributed by atoms with van der Waals surface area (Å²) >= 11 is 11.9. The third-order valence-electron chi connectivity index (χ3n) is 5.47. The van der Waals surface area contributed by atoms with Crippen LogP contribution in [0.4, 0.5) is 0 Å². The number of benzene rings is 3. The Balaban J connectivity index is 1.62. The van der Waals surface area contributed by atoms with Gasteiger partial charge >= 0.3 is 0 Å². The van der Waals surface area contributed by atoms with Crippen LogP contribution in [0.5, 0.6) is 11.5 Å². The van der Waals surface area contributed by atoms with Crippen molar-refractivity contribution in [3.8, 4) is 11.5 Å². The van der Waals surface area contributed by atoms with Crippen LogP contribution in [-0.2, 0) is 11.4 Å². The summed E-state index contributed by atoms with van der Waals surface area (Å²) in [4.78, 5) is 25.4. The molecular formula is C28H29Cl2N3O4. The van der Waals surface area contributed by atoms with E-state index >= 15 is 0 Å². The number of rotatable bonds is 10. The third kappa shape index (κ3) is 7.97. The van der Waals surface area contributed by atoms with E-state index < -0.39 is 17.9 Å². The van der Waals surface area contributed by atoms with Gasteiger partial charge in [0.2, 0.25) is 0 Å². The number of nitrogens with zero attached hydrogens (tertiary/aromatic N) is 1. The van der Waals surface area contributed by atoms with Gasteiger partial charge in [0.15, 0.2) is 11.5 Å². The van der Waals surface area contributed by atoms with Crippen LogP contribution in [-0.4, -0.2) is 31.2 Å². The summed E-state index contributed by atoms with van der Waals surface area (Å²) in [6, 6.07) is 17.1. The molecule has 0 fully saturated rings. The number of hydrogen-bond donors (Lipinski definition) is 2. The van der Waals surface area contributed by atoms with Crippen LogP contribution < -0.4 is 20.2 Å². The number of nitrogens with one attached hydrogen (secondary N) is 2. The minimum atomic E-state index is -0.814. The van der Waals surface area contributed by atoms with Gasteiger partial charge in [-0.3, -0.25) is 9.59 Å². The van der Waals surface area contributed by atoms with E-state index in [2.05, 4.69) is 21.9 Å². The van der Waals surface area contributed by atoms with E-state index in [0.717, 1.165) is 11.1 Å². The Labute approximate surface area is 226 Å². The summed E-state index contributed by atoms with van der Waals surface area (Å²) in [6.45, 7) is 6.09. The highest BCUT2D eigenvalue weighted by atomic mass is 35.5. The van der Waals surface area contributed by atoms with Crippen LogP contribution in [0.25, 0.3) is 0 Å². The largest absolute Gasteiger partial charge is 0.493 e. The van der Waals surface area contributed by atoms with Crippen molar-refractivity contribution >= 4 is 41.2 Å². The highest BCUT2D eigenvalue weighted by molar-refractivity contribution is 6.42. The third-order valence-corrected chi connectivity index (χ3v) is 6.21. The Morgan fingerprint density at radius 2 is 1.78 bits per heavy atom. The molecule has 0 aliphatic heterocycles. The van der Waals surface area contributed by atoms with Crippen LogP contribution in [0.3, 0.4) is 0 Å². The van der Waals surface area contributed by atoms with Crippen LogP contribution in [0.15, 0.2) is 65.8 Å². The molecule has 0 aliphatic rings. The number of aryl methyl sites for hydroxylation is 1. The maximum Gasteiger partial charge on any atom is 0.262 e. The van der Waals surface area contributed by atoms with Gasteiger partial charge in [0, 0.05) is 5.56 Å². The molecule has 9 heteroatoms. The number of carbonyl (C=O) groups is 2. The maximum absolute atomic E-state index is 12.8. The molecule has 2 amide bonds. The van der Waals surface area contributed by atoms with Crippen molar-refractivity contribution in [3.63, 3.8) is 0 Å². The summed E-state index contributed by atoms with van der Waals surface area (Å²) in [6.07, 6.45) is 1.49. The maximum atomic E-state index is 12.8. The lowest BCUT2D eigenvalue weighted by atomic mass is 10.0. The summed E-state index contributed by atoms with van der Waals surface area (Å²) in [5.41, 5.74) is 5.70. The van der Waals surface area contributed by atoms with Gasteiger partial charge in [-0.05, 0) is 60.4 Å². The number of carbonyl (C=O) groups excluding carboxylic acids is 2. The second-order valence-corrected chi connectivity index (χ2v) is 9.56. The number of amides is 2. The second kappa shape index (κ2) is 13.1.